The van der Waals surface area contributed by atoms with Crippen LogP contribution in [0.1, 0.15) is 22.3 Å². The zero-order valence-corrected chi connectivity index (χ0v) is 10.0. The Morgan fingerprint density at radius 1 is 1.41 bits per heavy atom. The number of benzene rings is 1. The van der Waals surface area contributed by atoms with Crippen molar-refractivity contribution in [1.29, 1.82) is 0 Å². The van der Waals surface area contributed by atoms with Gasteiger partial charge in [-0.05, 0) is 30.2 Å². The molecule has 1 aromatic carbocycles. The van der Waals surface area contributed by atoms with Gasteiger partial charge in [-0.2, -0.15) is 13.2 Å². The lowest BCUT2D eigenvalue weighted by atomic mass is 9.87. The Kier molecular flexibility index (Phi) is 1.98. The molecule has 2 atom stereocenters. The Balaban J connectivity index is 2.24. The summed E-state index contributed by atoms with van der Waals surface area (Å²) in [4.78, 5) is 11.6. The zero-order chi connectivity index (χ0) is 12.4. The second kappa shape index (κ2) is 3.04. The Labute approximate surface area is 103 Å². The highest BCUT2D eigenvalue weighted by Gasteiger charge is 2.74. The number of fused-ring (bicyclic) bond motifs is 3. The van der Waals surface area contributed by atoms with Crippen molar-refractivity contribution >= 4 is 21.8 Å². The fourth-order valence-corrected chi connectivity index (χ4v) is 2.88. The molecule has 1 N–H and O–H groups in total. The zero-order valence-electron chi connectivity index (χ0n) is 8.44. The molecule has 90 valence electrons. The average Bonchev–Trinajstić information content (AvgIpc) is 2.92. The maximum absolute atomic E-state index is 13.1. The number of halogens is 4. The summed E-state index contributed by atoms with van der Waals surface area (Å²) in [6, 6.07) is 3.60. The van der Waals surface area contributed by atoms with Crippen molar-refractivity contribution < 1.29 is 18.0 Å². The number of hydrogen-bond acceptors (Lipinski definition) is 1. The summed E-state index contributed by atoms with van der Waals surface area (Å²) in [7, 11) is 0. The molecule has 1 saturated carbocycles. The number of amides is 1. The minimum Gasteiger partial charge on any atom is -0.348 e. The minimum absolute atomic E-state index is 0.0638. The van der Waals surface area contributed by atoms with Gasteiger partial charge >= 0.3 is 6.18 Å². The van der Waals surface area contributed by atoms with E-state index in [2.05, 4.69) is 21.2 Å². The molecule has 1 heterocycles. The largest absolute Gasteiger partial charge is 0.400 e. The molecular weight excluding hydrogens is 299 g/mol. The first-order valence-corrected chi connectivity index (χ1v) is 5.83. The van der Waals surface area contributed by atoms with Gasteiger partial charge in [0, 0.05) is 16.1 Å². The molecule has 6 heteroatoms. The van der Waals surface area contributed by atoms with E-state index in [1.165, 1.54) is 12.1 Å². The molecule has 2 aliphatic rings. The van der Waals surface area contributed by atoms with Crippen molar-refractivity contribution in [2.24, 2.45) is 0 Å². The van der Waals surface area contributed by atoms with Crippen LogP contribution in [0, 0.1) is 0 Å². The van der Waals surface area contributed by atoms with E-state index in [0.29, 0.717) is 4.47 Å². The van der Waals surface area contributed by atoms with Crippen LogP contribution >= 0.6 is 15.9 Å². The highest BCUT2D eigenvalue weighted by atomic mass is 79.9. The van der Waals surface area contributed by atoms with Gasteiger partial charge in [-0.3, -0.25) is 4.79 Å². The highest BCUT2D eigenvalue weighted by molar-refractivity contribution is 9.10. The van der Waals surface area contributed by atoms with Gasteiger partial charge in [-0.1, -0.05) is 15.9 Å². The van der Waals surface area contributed by atoms with Gasteiger partial charge in [0.2, 0.25) is 0 Å². The molecule has 1 aliphatic heterocycles. The lowest BCUT2D eigenvalue weighted by molar-refractivity contribution is -0.163. The lowest BCUT2D eigenvalue weighted by Gasteiger charge is -2.28. The van der Waals surface area contributed by atoms with E-state index in [1.807, 2.05) is 0 Å². The molecular formula is C11H7BrF3NO. The van der Waals surface area contributed by atoms with Gasteiger partial charge in [0.25, 0.3) is 5.91 Å². The predicted octanol–water partition coefficient (Wildman–Crippen LogP) is 2.76. The molecule has 1 aliphatic carbocycles. The summed E-state index contributed by atoms with van der Waals surface area (Å²) in [5.74, 6) is -0.421. The molecule has 0 saturated heterocycles. The van der Waals surface area contributed by atoms with E-state index in [9.17, 15) is 18.0 Å². The highest BCUT2D eigenvalue weighted by Crippen LogP contribution is 2.61. The minimum atomic E-state index is -4.33. The molecule has 1 fully saturated rings. The van der Waals surface area contributed by atoms with Crippen molar-refractivity contribution in [3.63, 3.8) is 0 Å². The first-order valence-electron chi connectivity index (χ1n) is 5.04. The van der Waals surface area contributed by atoms with Crippen molar-refractivity contribution in [3.05, 3.63) is 33.8 Å². The molecule has 17 heavy (non-hydrogen) atoms. The van der Waals surface area contributed by atoms with Crippen molar-refractivity contribution in [1.82, 2.24) is 5.32 Å². The molecule has 0 bridgehead atoms. The van der Waals surface area contributed by atoms with Crippen LogP contribution in [0.5, 0.6) is 0 Å². The van der Waals surface area contributed by atoms with Crippen LogP contribution in [0.4, 0.5) is 13.2 Å². The molecule has 0 unspecified atom stereocenters. The van der Waals surface area contributed by atoms with Gasteiger partial charge in [-0.15, -0.1) is 0 Å². The van der Waals surface area contributed by atoms with Gasteiger partial charge < -0.3 is 5.32 Å². The number of carbonyl (C=O) groups is 1. The Bertz CT molecular complexity index is 528. The van der Waals surface area contributed by atoms with E-state index in [0.717, 1.165) is 0 Å². The maximum Gasteiger partial charge on any atom is 0.400 e. The van der Waals surface area contributed by atoms with E-state index >= 15 is 0 Å². The first kappa shape index (κ1) is 11.1. The normalized spacial score (nSPS) is 30.4. The smallest absolute Gasteiger partial charge is 0.348 e. The second-order valence-corrected chi connectivity index (χ2v) is 5.30. The molecule has 1 amide bonds. The molecule has 0 aromatic heterocycles. The van der Waals surface area contributed by atoms with Crippen LogP contribution in [0.25, 0.3) is 0 Å². The van der Waals surface area contributed by atoms with Gasteiger partial charge in [0.1, 0.15) is 5.41 Å². The fraction of sp³-hybridized carbons (Fsp3) is 0.364. The maximum atomic E-state index is 13.1. The number of alkyl halides is 3. The van der Waals surface area contributed by atoms with Gasteiger partial charge in [0.05, 0.1) is 0 Å². The average molecular weight is 306 g/mol. The van der Waals surface area contributed by atoms with Crippen LogP contribution < -0.4 is 5.32 Å². The van der Waals surface area contributed by atoms with Crippen molar-refractivity contribution in [2.45, 2.75) is 24.1 Å². The van der Waals surface area contributed by atoms with E-state index in [-0.39, 0.29) is 17.5 Å². The number of carbonyl (C=O) groups excluding carboxylic acids is 1. The van der Waals surface area contributed by atoms with Crippen LogP contribution in [-0.4, -0.2) is 18.1 Å². The van der Waals surface area contributed by atoms with E-state index in [4.69, 9.17) is 0 Å². The molecule has 2 nitrogen and oxygen atoms in total. The fourth-order valence-electron chi connectivity index (χ4n) is 2.52. The third-order valence-corrected chi connectivity index (χ3v) is 3.97. The second-order valence-electron chi connectivity index (χ2n) is 4.39. The Morgan fingerprint density at radius 3 is 2.76 bits per heavy atom. The summed E-state index contributed by atoms with van der Waals surface area (Å²) in [5.41, 5.74) is -1.66. The predicted molar refractivity (Wildman–Crippen MR) is 57.7 cm³/mol. The van der Waals surface area contributed by atoms with E-state index in [1.54, 1.807) is 6.07 Å². The number of hydrogen-bond donors (Lipinski definition) is 1. The summed E-state index contributed by atoms with van der Waals surface area (Å²) >= 11 is 3.15. The first-order chi connectivity index (χ1) is 7.86. The van der Waals surface area contributed by atoms with Crippen LogP contribution in [0.2, 0.25) is 0 Å². The van der Waals surface area contributed by atoms with E-state index < -0.39 is 23.5 Å². The molecule has 1 aromatic rings. The van der Waals surface area contributed by atoms with Crippen LogP contribution in [0.15, 0.2) is 22.7 Å². The Morgan fingerprint density at radius 2 is 2.12 bits per heavy atom. The molecule has 0 spiro atoms. The van der Waals surface area contributed by atoms with Gasteiger partial charge in [0.15, 0.2) is 0 Å². The standard InChI is InChI=1S/C11H7BrF3NO/c12-5-1-2-6-7(3-5)10(11(13,14)15)4-8(10)16-9(6)17/h1-3,8H,4H2,(H,16,17)/t8-,10+/m0/s1. The third-order valence-electron chi connectivity index (χ3n) is 3.48. The number of rotatable bonds is 0. The topological polar surface area (TPSA) is 29.1 Å². The summed E-state index contributed by atoms with van der Waals surface area (Å²) in [6.45, 7) is 0. The van der Waals surface area contributed by atoms with Crippen molar-refractivity contribution in [2.75, 3.05) is 0 Å². The third kappa shape index (κ3) is 1.30. The monoisotopic (exact) mass is 305 g/mol. The molecule has 0 radical (unpaired) electrons. The SMILES string of the molecule is O=C1N[C@H]2C[C@@]2(C(F)(F)F)c2cc(Br)ccc21. The quantitative estimate of drug-likeness (QED) is 0.784. The summed E-state index contributed by atoms with van der Waals surface area (Å²) in [5, 5.41) is 2.40. The van der Waals surface area contributed by atoms with Crippen molar-refractivity contribution in [3.8, 4) is 0 Å². The van der Waals surface area contributed by atoms with Gasteiger partial charge in [-0.25, -0.2) is 0 Å². The number of nitrogens with one attached hydrogen (secondary N) is 1. The summed E-state index contributed by atoms with van der Waals surface area (Å²) < 4.78 is 40.0. The Hall–Kier alpha value is -1.04. The molecule has 3 rings (SSSR count). The van der Waals surface area contributed by atoms with Crippen LogP contribution in [0.3, 0.4) is 0 Å². The van der Waals surface area contributed by atoms with Crippen LogP contribution in [-0.2, 0) is 5.41 Å². The lowest BCUT2D eigenvalue weighted by Crippen LogP contribution is -2.44. The summed E-state index contributed by atoms with van der Waals surface area (Å²) in [6.07, 6.45) is -4.40.